The number of halogens is 1. The molecule has 1 rings (SSSR count). The highest BCUT2D eigenvalue weighted by Gasteiger charge is 2.12. The zero-order valence-electron chi connectivity index (χ0n) is 10.4. The molecule has 0 aliphatic rings. The van der Waals surface area contributed by atoms with Crippen LogP contribution in [0.2, 0.25) is 5.02 Å². The molecule has 1 unspecified atom stereocenters. The summed E-state index contributed by atoms with van der Waals surface area (Å²) in [6.07, 6.45) is 7.34. The summed E-state index contributed by atoms with van der Waals surface area (Å²) < 4.78 is 6.17. The van der Waals surface area contributed by atoms with Gasteiger partial charge in [0.05, 0.1) is 11.2 Å². The molecule has 1 aromatic rings. The summed E-state index contributed by atoms with van der Waals surface area (Å²) >= 11 is 5.96. The van der Waals surface area contributed by atoms with Crippen molar-refractivity contribution in [3.05, 3.63) is 21.6 Å². The van der Waals surface area contributed by atoms with Crippen molar-refractivity contribution in [2.75, 3.05) is 19.0 Å². The Balaban J connectivity index is 2.91. The summed E-state index contributed by atoms with van der Waals surface area (Å²) in [6, 6.07) is 0.0665. The minimum Gasteiger partial charge on any atom is -0.385 e. The van der Waals surface area contributed by atoms with Crippen LogP contribution in [0.25, 0.3) is 0 Å². The van der Waals surface area contributed by atoms with Gasteiger partial charge in [0.1, 0.15) is 12.2 Å². The van der Waals surface area contributed by atoms with Gasteiger partial charge in [0, 0.05) is 19.8 Å². The first-order valence-corrected chi connectivity index (χ1v) is 5.92. The summed E-state index contributed by atoms with van der Waals surface area (Å²) in [5.74, 6) is 2.37. The van der Waals surface area contributed by atoms with Gasteiger partial charge in [-0.25, -0.2) is 4.68 Å². The Kier molecular flexibility index (Phi) is 5.69. The van der Waals surface area contributed by atoms with Gasteiger partial charge in [-0.05, 0) is 13.3 Å². The molecule has 0 aliphatic carbocycles. The number of rotatable bonds is 6. The maximum absolute atomic E-state index is 12.0. The molecule has 0 saturated carbocycles. The quantitative estimate of drug-likeness (QED) is 0.793. The van der Waals surface area contributed by atoms with E-state index in [1.54, 1.807) is 7.11 Å². The van der Waals surface area contributed by atoms with Crippen molar-refractivity contribution in [3.63, 3.8) is 0 Å². The van der Waals surface area contributed by atoms with E-state index in [2.05, 4.69) is 16.3 Å². The lowest BCUT2D eigenvalue weighted by atomic mass is 10.2. The lowest BCUT2D eigenvalue weighted by Gasteiger charge is -2.15. The average molecular weight is 270 g/mol. The van der Waals surface area contributed by atoms with E-state index < -0.39 is 0 Å². The molecule has 0 radical (unpaired) electrons. The number of hydrogen-bond donors (Lipinski definition) is 1. The maximum atomic E-state index is 12.0. The molecule has 98 valence electrons. The number of methoxy groups -OCH3 is 1. The minimum absolute atomic E-state index is 0.0665. The van der Waals surface area contributed by atoms with Gasteiger partial charge in [-0.1, -0.05) is 17.5 Å². The molecule has 1 aromatic heterocycles. The van der Waals surface area contributed by atoms with Crippen LogP contribution < -0.4 is 10.9 Å². The topological polar surface area (TPSA) is 56.1 Å². The normalized spacial score (nSPS) is 11.9. The Morgan fingerprint density at radius 1 is 1.72 bits per heavy atom. The van der Waals surface area contributed by atoms with Crippen molar-refractivity contribution in [1.82, 2.24) is 9.78 Å². The molecular weight excluding hydrogens is 254 g/mol. The van der Waals surface area contributed by atoms with Gasteiger partial charge in [-0.2, -0.15) is 5.10 Å². The molecule has 0 saturated heterocycles. The van der Waals surface area contributed by atoms with E-state index in [9.17, 15) is 4.79 Å². The van der Waals surface area contributed by atoms with E-state index >= 15 is 0 Å². The lowest BCUT2D eigenvalue weighted by molar-refractivity contribution is 0.191. The average Bonchev–Trinajstić information content (AvgIpc) is 2.35. The number of ether oxygens (including phenoxy) is 1. The summed E-state index contributed by atoms with van der Waals surface area (Å²) in [4.78, 5) is 12.0. The Bertz CT molecular complexity index is 493. The number of anilines is 1. The Labute approximate surface area is 111 Å². The monoisotopic (exact) mass is 269 g/mol. The molecule has 1 atom stereocenters. The van der Waals surface area contributed by atoms with Gasteiger partial charge in [-0.15, -0.1) is 6.42 Å². The molecule has 0 bridgehead atoms. The first-order chi connectivity index (χ1) is 8.60. The summed E-state index contributed by atoms with van der Waals surface area (Å²) in [5, 5.41) is 7.21. The van der Waals surface area contributed by atoms with Gasteiger partial charge in [-0.3, -0.25) is 4.79 Å². The third kappa shape index (κ3) is 3.76. The van der Waals surface area contributed by atoms with E-state index in [1.807, 2.05) is 6.92 Å². The molecule has 0 aromatic carbocycles. The van der Waals surface area contributed by atoms with Crippen LogP contribution in [0.5, 0.6) is 0 Å². The fraction of sp³-hybridized carbons (Fsp3) is 0.500. The Morgan fingerprint density at radius 3 is 3.06 bits per heavy atom. The van der Waals surface area contributed by atoms with Crippen LogP contribution in [0.3, 0.4) is 0 Å². The minimum atomic E-state index is -0.315. The molecular formula is C12H16ClN3O2. The third-order valence-electron chi connectivity index (χ3n) is 2.38. The van der Waals surface area contributed by atoms with E-state index in [-0.39, 0.29) is 23.2 Å². The van der Waals surface area contributed by atoms with Crippen molar-refractivity contribution in [2.45, 2.75) is 25.9 Å². The van der Waals surface area contributed by atoms with Gasteiger partial charge in [0.25, 0.3) is 5.56 Å². The summed E-state index contributed by atoms with van der Waals surface area (Å²) in [7, 11) is 1.63. The molecule has 0 amide bonds. The molecule has 0 fully saturated rings. The van der Waals surface area contributed by atoms with Crippen molar-refractivity contribution in [2.24, 2.45) is 0 Å². The van der Waals surface area contributed by atoms with Crippen molar-refractivity contribution >= 4 is 17.3 Å². The van der Waals surface area contributed by atoms with E-state index in [4.69, 9.17) is 22.8 Å². The molecule has 5 nitrogen and oxygen atoms in total. The highest BCUT2D eigenvalue weighted by atomic mass is 35.5. The first kappa shape index (κ1) is 14.6. The van der Waals surface area contributed by atoms with Crippen molar-refractivity contribution < 1.29 is 4.74 Å². The maximum Gasteiger partial charge on any atom is 0.292 e. The number of hydrogen-bond acceptors (Lipinski definition) is 4. The van der Waals surface area contributed by atoms with E-state index in [0.29, 0.717) is 12.3 Å². The zero-order valence-corrected chi connectivity index (χ0v) is 11.2. The Hall–Kier alpha value is -1.51. The highest BCUT2D eigenvalue weighted by Crippen LogP contribution is 2.16. The first-order valence-electron chi connectivity index (χ1n) is 5.54. The van der Waals surface area contributed by atoms with Gasteiger partial charge < -0.3 is 10.1 Å². The number of nitrogens with one attached hydrogen (secondary N) is 1. The standard InChI is InChI=1S/C12H16ClN3O2/c1-4-6-16-12(17)11(10(13)8-14-16)15-9(2)5-7-18-3/h1,8-9,15H,5-7H2,2-3H3. The second-order valence-electron chi connectivity index (χ2n) is 3.86. The number of nitrogens with zero attached hydrogens (tertiary/aromatic N) is 2. The molecule has 6 heteroatoms. The highest BCUT2D eigenvalue weighted by molar-refractivity contribution is 6.33. The molecule has 1 heterocycles. The predicted octanol–water partition coefficient (Wildman–Crippen LogP) is 1.37. The van der Waals surface area contributed by atoms with Crippen LogP contribution in [-0.2, 0) is 11.3 Å². The van der Waals surface area contributed by atoms with Crippen LogP contribution in [0.1, 0.15) is 13.3 Å². The Morgan fingerprint density at radius 2 is 2.44 bits per heavy atom. The third-order valence-corrected chi connectivity index (χ3v) is 2.67. The zero-order chi connectivity index (χ0) is 13.5. The number of aromatic nitrogens is 2. The summed E-state index contributed by atoms with van der Waals surface area (Å²) in [5.41, 5.74) is 0.00948. The van der Waals surface area contributed by atoms with Gasteiger partial charge in [0.2, 0.25) is 0 Å². The molecule has 18 heavy (non-hydrogen) atoms. The van der Waals surface area contributed by atoms with Gasteiger partial charge >= 0.3 is 0 Å². The molecule has 0 aliphatic heterocycles. The summed E-state index contributed by atoms with van der Waals surface area (Å²) in [6.45, 7) is 2.67. The van der Waals surface area contributed by atoms with Gasteiger partial charge in [0.15, 0.2) is 0 Å². The van der Waals surface area contributed by atoms with Crippen LogP contribution in [0.15, 0.2) is 11.0 Å². The van der Waals surface area contributed by atoms with E-state index in [1.165, 1.54) is 10.9 Å². The SMILES string of the molecule is C#CCn1ncc(Cl)c(NC(C)CCOC)c1=O. The largest absolute Gasteiger partial charge is 0.385 e. The van der Waals surface area contributed by atoms with Crippen LogP contribution in [0.4, 0.5) is 5.69 Å². The second-order valence-corrected chi connectivity index (χ2v) is 4.27. The van der Waals surface area contributed by atoms with Crippen LogP contribution in [-0.4, -0.2) is 29.5 Å². The van der Waals surface area contributed by atoms with E-state index in [0.717, 1.165) is 6.42 Å². The fourth-order valence-corrected chi connectivity index (χ4v) is 1.59. The lowest BCUT2D eigenvalue weighted by Crippen LogP contribution is -2.29. The molecule has 1 N–H and O–H groups in total. The fourth-order valence-electron chi connectivity index (χ4n) is 1.41. The van der Waals surface area contributed by atoms with Crippen LogP contribution in [0, 0.1) is 12.3 Å². The van der Waals surface area contributed by atoms with Crippen molar-refractivity contribution in [3.8, 4) is 12.3 Å². The van der Waals surface area contributed by atoms with Crippen molar-refractivity contribution in [1.29, 1.82) is 0 Å². The van der Waals surface area contributed by atoms with Crippen LogP contribution >= 0.6 is 11.6 Å². The number of terminal acetylenes is 1. The molecule has 0 spiro atoms. The smallest absolute Gasteiger partial charge is 0.292 e. The predicted molar refractivity (Wildman–Crippen MR) is 71.9 cm³/mol. The second kappa shape index (κ2) is 7.04.